The summed E-state index contributed by atoms with van der Waals surface area (Å²) >= 11 is 0. The minimum atomic E-state index is -0.543. The quantitative estimate of drug-likeness (QED) is 0.683. The predicted molar refractivity (Wildman–Crippen MR) is 99.7 cm³/mol. The second kappa shape index (κ2) is 7.76. The molecule has 0 aliphatic carbocycles. The number of hydrogen-bond donors (Lipinski definition) is 3. The molecule has 0 bridgehead atoms. The second-order valence-electron chi connectivity index (χ2n) is 7.15. The number of H-pyrrole nitrogens is 1. The molecule has 3 atom stereocenters. The minimum absolute atomic E-state index is 0.0857. The average Bonchev–Trinajstić information content (AvgIpc) is 2.65. The molecule has 1 aromatic carbocycles. The molecule has 2 heterocycles. The van der Waals surface area contributed by atoms with Gasteiger partial charge in [-0.3, -0.25) is 9.59 Å². The summed E-state index contributed by atoms with van der Waals surface area (Å²) in [5.74, 6) is -0.923. The van der Waals surface area contributed by atoms with Crippen LogP contribution in [-0.4, -0.2) is 34.4 Å². The van der Waals surface area contributed by atoms with E-state index in [-0.39, 0.29) is 24.4 Å². The molecule has 28 heavy (non-hydrogen) atoms. The number of carbonyl (C=O) groups is 1. The Morgan fingerprint density at radius 1 is 1.46 bits per heavy atom. The molecule has 0 saturated carbocycles. The van der Waals surface area contributed by atoms with Gasteiger partial charge >= 0.3 is 0 Å². The van der Waals surface area contributed by atoms with E-state index in [2.05, 4.69) is 15.7 Å². The molecule has 3 N–H and O–H groups in total. The first-order valence-corrected chi connectivity index (χ1v) is 9.00. The number of rotatable bonds is 4. The summed E-state index contributed by atoms with van der Waals surface area (Å²) in [4.78, 5) is 40.0. The molecule has 1 fully saturated rings. The monoisotopic (exact) mass is 386 g/mol. The molecule has 3 rings (SSSR count). The van der Waals surface area contributed by atoms with Crippen molar-refractivity contribution < 1.29 is 14.1 Å². The van der Waals surface area contributed by atoms with Crippen LogP contribution in [0.5, 0.6) is 0 Å². The zero-order chi connectivity index (χ0) is 20.4. The topological polar surface area (TPSA) is 118 Å². The molecule has 1 aromatic heterocycles. The van der Waals surface area contributed by atoms with Crippen LogP contribution in [0.1, 0.15) is 24.5 Å². The molecule has 8 nitrogen and oxygen atoms in total. The fraction of sp³-hybridized carbons (Fsp3) is 0.421. The SMILES string of the molecule is Cc1c(CC(=O)NCC2C(C)CC(C#N)N[N+]2=O)c(=O)[nH]c2ccc(F)cc12. The van der Waals surface area contributed by atoms with Crippen molar-refractivity contribution in [1.29, 1.82) is 5.26 Å². The standard InChI is InChI=1S/C19H20FN5O3/c1-10-5-13(8-21)24-25(28)17(10)9-22-18(26)7-15-11(2)14-6-12(20)3-4-16(14)23-19(15)27/h3-4,6,10,13,17H,5,7,9H2,1-2H3,(H2-,22,23,24,26,27,28)/p+1. The minimum Gasteiger partial charge on any atom is -0.349 e. The molecule has 3 unspecified atom stereocenters. The summed E-state index contributed by atoms with van der Waals surface area (Å²) in [5, 5.41) is 12.2. The number of fused-ring (bicyclic) bond motifs is 1. The number of nitrogens with one attached hydrogen (secondary N) is 3. The largest absolute Gasteiger partial charge is 0.349 e. The summed E-state index contributed by atoms with van der Waals surface area (Å²) in [6.45, 7) is 3.61. The molecule has 1 aliphatic heterocycles. The Hall–Kier alpha value is -3.28. The van der Waals surface area contributed by atoms with Gasteiger partial charge in [-0.15, -0.1) is 5.43 Å². The third kappa shape index (κ3) is 3.86. The van der Waals surface area contributed by atoms with Gasteiger partial charge in [0, 0.05) is 22.4 Å². The predicted octanol–water partition coefficient (Wildman–Crippen LogP) is 1.22. The fourth-order valence-electron chi connectivity index (χ4n) is 3.55. The lowest BCUT2D eigenvalue weighted by molar-refractivity contribution is -0.659. The molecule has 9 heteroatoms. The lowest BCUT2D eigenvalue weighted by Crippen LogP contribution is -2.55. The van der Waals surface area contributed by atoms with E-state index in [1.807, 2.05) is 13.0 Å². The van der Waals surface area contributed by atoms with Crippen LogP contribution in [0.2, 0.25) is 0 Å². The van der Waals surface area contributed by atoms with E-state index in [4.69, 9.17) is 5.26 Å². The van der Waals surface area contributed by atoms with Crippen molar-refractivity contribution in [1.82, 2.24) is 15.7 Å². The van der Waals surface area contributed by atoms with E-state index in [9.17, 15) is 18.9 Å². The molecule has 1 aliphatic rings. The Kier molecular flexibility index (Phi) is 5.40. The van der Waals surface area contributed by atoms with E-state index in [1.165, 1.54) is 18.2 Å². The van der Waals surface area contributed by atoms with Crippen molar-refractivity contribution in [2.75, 3.05) is 6.54 Å². The molecular formula is C19H21FN5O3+. The van der Waals surface area contributed by atoms with Crippen molar-refractivity contribution in [2.45, 2.75) is 38.8 Å². The summed E-state index contributed by atoms with van der Waals surface area (Å²) in [7, 11) is 0. The molecule has 146 valence electrons. The van der Waals surface area contributed by atoms with Gasteiger partial charge < -0.3 is 10.3 Å². The van der Waals surface area contributed by atoms with Crippen LogP contribution < -0.4 is 16.3 Å². The first-order valence-electron chi connectivity index (χ1n) is 9.00. The normalized spacial score (nSPS) is 21.8. The second-order valence-corrected chi connectivity index (χ2v) is 7.15. The number of carbonyl (C=O) groups excluding carboxylic acids is 1. The van der Waals surface area contributed by atoms with Crippen LogP contribution in [0.4, 0.5) is 4.39 Å². The number of aryl methyl sites for hydroxylation is 1. The number of nitroso groups, excluding NO2 is 1. The van der Waals surface area contributed by atoms with Gasteiger partial charge in [-0.25, -0.2) is 4.39 Å². The number of pyridine rings is 1. The molecule has 2 aromatic rings. The number of hydrogen-bond acceptors (Lipinski definition) is 4. The Bertz CT molecular complexity index is 1040. The van der Waals surface area contributed by atoms with Crippen LogP contribution in [0.3, 0.4) is 0 Å². The molecule has 1 amide bonds. The maximum absolute atomic E-state index is 13.5. The zero-order valence-corrected chi connectivity index (χ0v) is 15.6. The summed E-state index contributed by atoms with van der Waals surface area (Å²) in [5.41, 5.74) is 3.44. The molecule has 1 saturated heterocycles. The highest BCUT2D eigenvalue weighted by molar-refractivity contribution is 5.85. The van der Waals surface area contributed by atoms with Gasteiger partial charge in [-0.05, 0) is 37.1 Å². The van der Waals surface area contributed by atoms with Crippen LogP contribution in [-0.2, 0) is 11.2 Å². The van der Waals surface area contributed by atoms with Gasteiger partial charge in [0.15, 0.2) is 6.04 Å². The Morgan fingerprint density at radius 2 is 2.21 bits per heavy atom. The van der Waals surface area contributed by atoms with Crippen molar-refractivity contribution in [2.24, 2.45) is 5.92 Å². The van der Waals surface area contributed by atoms with Crippen molar-refractivity contribution >= 4 is 16.8 Å². The van der Waals surface area contributed by atoms with Gasteiger partial charge in [-0.2, -0.15) is 5.26 Å². The van der Waals surface area contributed by atoms with Gasteiger partial charge in [-0.1, -0.05) is 6.92 Å². The summed E-state index contributed by atoms with van der Waals surface area (Å²) in [6.07, 6.45) is 0.326. The van der Waals surface area contributed by atoms with Crippen molar-refractivity contribution in [3.05, 3.63) is 50.4 Å². The lowest BCUT2D eigenvalue weighted by atomic mass is 9.93. The van der Waals surface area contributed by atoms with Gasteiger partial charge in [0.25, 0.3) is 11.6 Å². The van der Waals surface area contributed by atoms with E-state index >= 15 is 0 Å². The molecule has 0 spiro atoms. The van der Waals surface area contributed by atoms with E-state index in [0.717, 1.165) is 0 Å². The number of amides is 1. The first-order chi connectivity index (χ1) is 13.3. The number of halogens is 1. The fourth-order valence-corrected chi connectivity index (χ4v) is 3.55. The maximum Gasteiger partial charge on any atom is 0.254 e. The summed E-state index contributed by atoms with van der Waals surface area (Å²) in [6, 6.07) is 5.01. The number of benzene rings is 1. The van der Waals surface area contributed by atoms with Gasteiger partial charge in [0.2, 0.25) is 5.91 Å². The number of aromatic amines is 1. The number of aromatic nitrogens is 1. The maximum atomic E-state index is 13.5. The highest BCUT2D eigenvalue weighted by atomic mass is 19.1. The highest BCUT2D eigenvalue weighted by Gasteiger charge is 2.41. The number of nitriles is 1. The smallest absolute Gasteiger partial charge is 0.254 e. The number of nitrogens with zero attached hydrogens (tertiary/aromatic N) is 2. The van der Waals surface area contributed by atoms with Crippen LogP contribution in [0.25, 0.3) is 10.9 Å². The third-order valence-corrected chi connectivity index (χ3v) is 5.21. The highest BCUT2D eigenvalue weighted by Crippen LogP contribution is 2.20. The number of hydrazine groups is 1. The Morgan fingerprint density at radius 3 is 2.89 bits per heavy atom. The van der Waals surface area contributed by atoms with Crippen LogP contribution in [0.15, 0.2) is 23.0 Å². The van der Waals surface area contributed by atoms with Crippen molar-refractivity contribution in [3.8, 4) is 6.07 Å². The van der Waals surface area contributed by atoms with Crippen LogP contribution in [0, 0.1) is 34.9 Å². The van der Waals surface area contributed by atoms with Gasteiger partial charge in [0.1, 0.15) is 10.7 Å². The third-order valence-electron chi connectivity index (χ3n) is 5.21. The van der Waals surface area contributed by atoms with Gasteiger partial charge in [0.05, 0.1) is 23.9 Å². The zero-order valence-electron chi connectivity index (χ0n) is 15.6. The van der Waals surface area contributed by atoms with E-state index < -0.39 is 29.4 Å². The van der Waals surface area contributed by atoms with E-state index in [0.29, 0.717) is 27.8 Å². The summed E-state index contributed by atoms with van der Waals surface area (Å²) < 4.78 is 13.5. The lowest BCUT2D eigenvalue weighted by Gasteiger charge is -2.24. The average molecular weight is 386 g/mol. The molecular weight excluding hydrogens is 365 g/mol. The van der Waals surface area contributed by atoms with Crippen molar-refractivity contribution in [3.63, 3.8) is 0 Å². The first kappa shape index (κ1) is 19.5. The van der Waals surface area contributed by atoms with Crippen LogP contribution >= 0.6 is 0 Å². The Balaban J connectivity index is 1.71. The molecule has 0 radical (unpaired) electrons. The Labute approximate surface area is 160 Å². The van der Waals surface area contributed by atoms with E-state index in [1.54, 1.807) is 6.92 Å².